The zero-order valence-electron chi connectivity index (χ0n) is 10.6. The van der Waals surface area contributed by atoms with Gasteiger partial charge in [-0.15, -0.1) is 0 Å². The van der Waals surface area contributed by atoms with Gasteiger partial charge in [-0.2, -0.15) is 0 Å². The van der Waals surface area contributed by atoms with Gasteiger partial charge in [0.15, 0.2) is 0 Å². The number of fused-ring (bicyclic) bond motifs is 1. The molecule has 0 bridgehead atoms. The summed E-state index contributed by atoms with van der Waals surface area (Å²) in [7, 11) is 0. The van der Waals surface area contributed by atoms with Crippen molar-refractivity contribution in [2.45, 2.75) is 19.4 Å². The van der Waals surface area contributed by atoms with Crippen molar-refractivity contribution in [1.82, 2.24) is 0 Å². The van der Waals surface area contributed by atoms with Gasteiger partial charge >= 0.3 is 0 Å². The van der Waals surface area contributed by atoms with Crippen LogP contribution in [-0.4, -0.2) is 11.7 Å². The topological polar surface area (TPSA) is 23.5 Å². The lowest BCUT2D eigenvalue weighted by Gasteiger charge is -2.31. The Hall–Kier alpha value is -1.48. The minimum Gasteiger partial charge on any atom is -0.508 e. The van der Waals surface area contributed by atoms with E-state index in [-0.39, 0.29) is 0 Å². The molecular formula is C16H16BrNO. The van der Waals surface area contributed by atoms with E-state index in [4.69, 9.17) is 0 Å². The molecule has 2 nitrogen and oxygen atoms in total. The van der Waals surface area contributed by atoms with Gasteiger partial charge in [-0.3, -0.25) is 0 Å². The smallest absolute Gasteiger partial charge is 0.115 e. The number of para-hydroxylation sites is 1. The number of anilines is 1. The number of nitrogens with zero attached hydrogens (tertiary/aromatic N) is 1. The van der Waals surface area contributed by atoms with Crippen LogP contribution in [0.5, 0.6) is 5.75 Å². The number of phenols is 1. The highest BCUT2D eigenvalue weighted by atomic mass is 79.9. The van der Waals surface area contributed by atoms with Crippen molar-refractivity contribution < 1.29 is 5.11 Å². The van der Waals surface area contributed by atoms with Crippen LogP contribution in [0.3, 0.4) is 0 Å². The number of aryl methyl sites for hydroxylation is 1. The minimum absolute atomic E-state index is 0.323. The van der Waals surface area contributed by atoms with Gasteiger partial charge in [0.05, 0.1) is 0 Å². The number of hydrogen-bond donors (Lipinski definition) is 1. The molecule has 0 atom stereocenters. The van der Waals surface area contributed by atoms with Crippen molar-refractivity contribution in [1.29, 1.82) is 0 Å². The number of phenolic OH excluding ortho intramolecular Hbond substituents is 1. The predicted molar refractivity (Wildman–Crippen MR) is 81.6 cm³/mol. The van der Waals surface area contributed by atoms with E-state index in [1.807, 2.05) is 12.1 Å². The maximum absolute atomic E-state index is 9.62. The first-order valence-electron chi connectivity index (χ1n) is 6.54. The Kier molecular flexibility index (Phi) is 3.47. The van der Waals surface area contributed by atoms with Gasteiger partial charge in [0.1, 0.15) is 5.75 Å². The molecule has 98 valence electrons. The van der Waals surface area contributed by atoms with Crippen LogP contribution < -0.4 is 4.90 Å². The van der Waals surface area contributed by atoms with E-state index >= 15 is 0 Å². The molecule has 1 aliphatic heterocycles. The first-order valence-corrected chi connectivity index (χ1v) is 7.33. The highest BCUT2D eigenvalue weighted by molar-refractivity contribution is 9.10. The molecule has 0 radical (unpaired) electrons. The van der Waals surface area contributed by atoms with E-state index in [1.165, 1.54) is 17.7 Å². The van der Waals surface area contributed by atoms with Crippen molar-refractivity contribution in [3.8, 4) is 5.75 Å². The molecule has 0 fully saturated rings. The second-order valence-corrected chi connectivity index (χ2v) is 5.78. The fourth-order valence-electron chi connectivity index (χ4n) is 2.66. The summed E-state index contributed by atoms with van der Waals surface area (Å²) >= 11 is 3.56. The Labute approximate surface area is 121 Å². The zero-order valence-corrected chi connectivity index (χ0v) is 12.2. The lowest BCUT2D eigenvalue weighted by Crippen LogP contribution is -2.28. The van der Waals surface area contributed by atoms with E-state index in [0.717, 1.165) is 29.5 Å². The van der Waals surface area contributed by atoms with Gasteiger partial charge in [-0.25, -0.2) is 0 Å². The Balaban J connectivity index is 1.90. The molecule has 0 unspecified atom stereocenters. The molecule has 1 aliphatic rings. The molecule has 3 heteroatoms. The predicted octanol–water partition coefficient (Wildman–Crippen LogP) is 4.11. The number of halogens is 1. The third-order valence-electron chi connectivity index (χ3n) is 3.60. The summed E-state index contributed by atoms with van der Waals surface area (Å²) in [5.41, 5.74) is 3.87. The van der Waals surface area contributed by atoms with Gasteiger partial charge in [-0.05, 0) is 48.2 Å². The summed E-state index contributed by atoms with van der Waals surface area (Å²) in [5, 5.41) is 9.62. The van der Waals surface area contributed by atoms with Crippen LogP contribution in [0.1, 0.15) is 17.5 Å². The molecule has 3 rings (SSSR count). The Morgan fingerprint density at radius 3 is 2.89 bits per heavy atom. The monoisotopic (exact) mass is 317 g/mol. The van der Waals surface area contributed by atoms with Gasteiger partial charge in [-0.1, -0.05) is 34.1 Å². The third-order valence-corrected chi connectivity index (χ3v) is 4.37. The molecule has 0 saturated heterocycles. The van der Waals surface area contributed by atoms with Gasteiger partial charge in [0.2, 0.25) is 0 Å². The van der Waals surface area contributed by atoms with E-state index < -0.39 is 0 Å². The molecule has 1 heterocycles. The highest BCUT2D eigenvalue weighted by Gasteiger charge is 2.17. The third kappa shape index (κ3) is 2.61. The van der Waals surface area contributed by atoms with E-state index in [0.29, 0.717) is 5.75 Å². The molecule has 0 saturated carbocycles. The summed E-state index contributed by atoms with van der Waals surface area (Å²) in [6, 6.07) is 14.0. The lowest BCUT2D eigenvalue weighted by atomic mass is 10.0. The molecule has 0 aliphatic carbocycles. The lowest BCUT2D eigenvalue weighted by molar-refractivity contribution is 0.474. The van der Waals surface area contributed by atoms with Crippen LogP contribution in [0.15, 0.2) is 46.9 Å². The first kappa shape index (κ1) is 12.5. The van der Waals surface area contributed by atoms with Crippen molar-refractivity contribution in [2.75, 3.05) is 11.4 Å². The fraction of sp³-hybridized carbons (Fsp3) is 0.250. The summed E-state index contributed by atoms with van der Waals surface area (Å²) in [4.78, 5) is 2.39. The normalized spacial score (nSPS) is 14.3. The van der Waals surface area contributed by atoms with Crippen molar-refractivity contribution >= 4 is 21.6 Å². The van der Waals surface area contributed by atoms with Crippen molar-refractivity contribution in [3.63, 3.8) is 0 Å². The van der Waals surface area contributed by atoms with Crippen molar-refractivity contribution in [2.24, 2.45) is 0 Å². The summed E-state index contributed by atoms with van der Waals surface area (Å²) in [5.74, 6) is 0.323. The van der Waals surface area contributed by atoms with E-state index in [1.54, 1.807) is 6.07 Å². The summed E-state index contributed by atoms with van der Waals surface area (Å²) in [6.07, 6.45) is 2.35. The van der Waals surface area contributed by atoms with E-state index in [2.05, 4.69) is 45.1 Å². The quantitative estimate of drug-likeness (QED) is 0.901. The van der Waals surface area contributed by atoms with Crippen LogP contribution in [0.2, 0.25) is 0 Å². The molecule has 0 amide bonds. The average molecular weight is 318 g/mol. The first-order chi connectivity index (χ1) is 9.24. The molecule has 0 spiro atoms. The maximum atomic E-state index is 9.62. The van der Waals surface area contributed by atoms with E-state index in [9.17, 15) is 5.11 Å². The second-order valence-electron chi connectivity index (χ2n) is 4.93. The molecular weight excluding hydrogens is 302 g/mol. The maximum Gasteiger partial charge on any atom is 0.115 e. The molecule has 0 aromatic heterocycles. The van der Waals surface area contributed by atoms with Gasteiger partial charge in [0.25, 0.3) is 0 Å². The Morgan fingerprint density at radius 1 is 1.16 bits per heavy atom. The number of aromatic hydroxyl groups is 1. The highest BCUT2D eigenvalue weighted by Crippen LogP contribution is 2.30. The Bertz CT molecular complexity index is 597. The largest absolute Gasteiger partial charge is 0.508 e. The fourth-order valence-corrected chi connectivity index (χ4v) is 3.04. The van der Waals surface area contributed by atoms with Crippen LogP contribution >= 0.6 is 15.9 Å². The molecule has 2 aromatic carbocycles. The zero-order chi connectivity index (χ0) is 13.2. The van der Waals surface area contributed by atoms with Crippen LogP contribution in [0.25, 0.3) is 0 Å². The molecule has 1 N–H and O–H groups in total. The summed E-state index contributed by atoms with van der Waals surface area (Å²) < 4.78 is 1.05. The molecule has 19 heavy (non-hydrogen) atoms. The van der Waals surface area contributed by atoms with Crippen LogP contribution in [0.4, 0.5) is 5.69 Å². The van der Waals surface area contributed by atoms with Gasteiger partial charge in [0, 0.05) is 23.2 Å². The van der Waals surface area contributed by atoms with Crippen molar-refractivity contribution in [3.05, 3.63) is 58.1 Å². The SMILES string of the molecule is Oc1ccc(Br)c(CN2CCCc3ccccc32)c1. The standard InChI is InChI=1S/C16H16BrNO/c17-15-8-7-14(19)10-13(15)11-18-9-3-5-12-4-1-2-6-16(12)18/h1-2,4,6-8,10,19H,3,5,9,11H2. The van der Waals surface area contributed by atoms with Gasteiger partial charge < -0.3 is 10.0 Å². The summed E-state index contributed by atoms with van der Waals surface area (Å²) in [6.45, 7) is 1.89. The second kappa shape index (κ2) is 5.25. The average Bonchev–Trinajstić information content (AvgIpc) is 2.43. The minimum atomic E-state index is 0.323. The molecule has 2 aromatic rings. The van der Waals surface area contributed by atoms with Crippen LogP contribution in [-0.2, 0) is 13.0 Å². The Morgan fingerprint density at radius 2 is 2.00 bits per heavy atom. The number of benzene rings is 2. The number of rotatable bonds is 2. The van der Waals surface area contributed by atoms with Crippen LogP contribution in [0, 0.1) is 0 Å². The number of hydrogen-bond acceptors (Lipinski definition) is 2.